The lowest BCUT2D eigenvalue weighted by Gasteiger charge is -2.51. The summed E-state index contributed by atoms with van der Waals surface area (Å²) in [5.74, 6) is 0. The topological polar surface area (TPSA) is 93.6 Å². The SMILES string of the molecule is C[C@@](O)(c1ccc(N2CCN(S(=O)(=O)c3ccccc3S)C[C@@H]2CN2C3COCC2CC(O)C3)cc1)C(F)(F)F. The molecular weight excluding hydrogens is 567 g/mol. The molecule has 0 spiro atoms. The minimum absolute atomic E-state index is 0.0150. The number of aliphatic hydroxyl groups excluding tert-OH is 1. The van der Waals surface area contributed by atoms with Crippen molar-refractivity contribution in [1.82, 2.24) is 9.21 Å². The molecule has 4 atom stereocenters. The molecule has 2 bridgehead atoms. The number of halogens is 3. The lowest BCUT2D eigenvalue weighted by Crippen LogP contribution is -2.64. The second kappa shape index (κ2) is 11.1. The quantitative estimate of drug-likeness (QED) is 0.439. The van der Waals surface area contributed by atoms with Crippen LogP contribution in [0.1, 0.15) is 25.3 Å². The molecule has 0 aromatic heterocycles. The Morgan fingerprint density at radius 2 is 1.65 bits per heavy atom. The summed E-state index contributed by atoms with van der Waals surface area (Å²) >= 11 is 4.36. The zero-order valence-corrected chi connectivity index (χ0v) is 23.7. The molecule has 2 N–H and O–H groups in total. The van der Waals surface area contributed by atoms with Gasteiger partial charge >= 0.3 is 6.18 Å². The van der Waals surface area contributed by atoms with E-state index in [1.165, 1.54) is 22.5 Å². The minimum atomic E-state index is -4.83. The summed E-state index contributed by atoms with van der Waals surface area (Å²) in [5, 5.41) is 20.4. The Morgan fingerprint density at radius 1 is 1.02 bits per heavy atom. The van der Waals surface area contributed by atoms with Gasteiger partial charge in [-0.15, -0.1) is 12.6 Å². The zero-order chi connectivity index (χ0) is 28.9. The van der Waals surface area contributed by atoms with Crippen LogP contribution in [0.15, 0.2) is 58.3 Å². The van der Waals surface area contributed by atoms with E-state index in [2.05, 4.69) is 17.5 Å². The van der Waals surface area contributed by atoms with Crippen molar-refractivity contribution in [3.8, 4) is 0 Å². The lowest BCUT2D eigenvalue weighted by atomic mass is 9.91. The Hall–Kier alpha value is -1.87. The largest absolute Gasteiger partial charge is 0.421 e. The van der Waals surface area contributed by atoms with Crippen molar-refractivity contribution in [3.05, 3.63) is 54.1 Å². The van der Waals surface area contributed by atoms with E-state index in [1.54, 1.807) is 30.3 Å². The summed E-state index contributed by atoms with van der Waals surface area (Å²) in [6.45, 7) is 2.80. The minimum Gasteiger partial charge on any atom is -0.393 e. The molecule has 13 heteroatoms. The van der Waals surface area contributed by atoms with Crippen molar-refractivity contribution in [2.75, 3.05) is 44.3 Å². The van der Waals surface area contributed by atoms with Gasteiger partial charge in [0.25, 0.3) is 0 Å². The van der Waals surface area contributed by atoms with Gasteiger partial charge in [-0.1, -0.05) is 24.3 Å². The van der Waals surface area contributed by atoms with Crippen LogP contribution in [-0.2, 0) is 20.4 Å². The molecule has 3 aliphatic heterocycles. The van der Waals surface area contributed by atoms with Crippen molar-refractivity contribution < 1.29 is 36.5 Å². The summed E-state index contributed by atoms with van der Waals surface area (Å²) in [7, 11) is -3.85. The average Bonchev–Trinajstić information content (AvgIpc) is 2.89. The molecule has 40 heavy (non-hydrogen) atoms. The van der Waals surface area contributed by atoms with Gasteiger partial charge in [0.1, 0.15) is 0 Å². The molecule has 0 radical (unpaired) electrons. The van der Waals surface area contributed by atoms with Crippen molar-refractivity contribution in [1.29, 1.82) is 0 Å². The summed E-state index contributed by atoms with van der Waals surface area (Å²) < 4.78 is 74.6. The monoisotopic (exact) mass is 601 g/mol. The molecule has 0 amide bonds. The van der Waals surface area contributed by atoms with E-state index in [0.29, 0.717) is 49.7 Å². The maximum Gasteiger partial charge on any atom is 0.421 e. The van der Waals surface area contributed by atoms with E-state index in [1.807, 2.05) is 4.90 Å². The number of piperidine rings is 1. The maximum absolute atomic E-state index is 13.6. The van der Waals surface area contributed by atoms with E-state index < -0.39 is 27.9 Å². The van der Waals surface area contributed by atoms with Crippen molar-refractivity contribution in [2.24, 2.45) is 0 Å². The molecule has 0 saturated carbocycles. The van der Waals surface area contributed by atoms with Crippen LogP contribution < -0.4 is 4.90 Å². The van der Waals surface area contributed by atoms with E-state index in [0.717, 1.165) is 6.92 Å². The number of fused-ring (bicyclic) bond motifs is 2. The smallest absolute Gasteiger partial charge is 0.393 e. The normalized spacial score (nSPS) is 28.3. The Bertz CT molecular complexity index is 1300. The van der Waals surface area contributed by atoms with Crippen LogP contribution >= 0.6 is 12.6 Å². The molecular formula is C27H34F3N3O5S2. The van der Waals surface area contributed by atoms with Crippen molar-refractivity contribution >= 4 is 28.3 Å². The molecule has 3 fully saturated rings. The third-order valence-electron chi connectivity index (χ3n) is 8.31. The molecule has 0 aliphatic carbocycles. The molecule has 220 valence electrons. The number of nitrogens with zero attached hydrogens (tertiary/aromatic N) is 3. The Labute approximate surface area is 237 Å². The number of thiol groups is 1. The number of rotatable bonds is 6. The Balaban J connectivity index is 1.45. The number of ether oxygens (including phenoxy) is 1. The molecule has 2 aromatic rings. The highest BCUT2D eigenvalue weighted by molar-refractivity contribution is 7.90. The van der Waals surface area contributed by atoms with Crippen LogP contribution in [0.3, 0.4) is 0 Å². The second-order valence-electron chi connectivity index (χ2n) is 11.0. The average molecular weight is 602 g/mol. The van der Waals surface area contributed by atoms with Crippen LogP contribution in [0.5, 0.6) is 0 Å². The van der Waals surface area contributed by atoms with Crippen molar-refractivity contribution in [2.45, 2.75) is 65.6 Å². The molecule has 8 nitrogen and oxygen atoms in total. The molecule has 2 aromatic carbocycles. The van der Waals surface area contributed by atoms with Gasteiger partial charge in [0, 0.05) is 48.8 Å². The van der Waals surface area contributed by atoms with Crippen LogP contribution in [0.2, 0.25) is 0 Å². The number of piperazine rings is 1. The third kappa shape index (κ3) is 5.61. The summed E-state index contributed by atoms with van der Waals surface area (Å²) in [6, 6.07) is 11.8. The molecule has 3 saturated heterocycles. The lowest BCUT2D eigenvalue weighted by molar-refractivity contribution is -0.258. The number of hydrogen-bond acceptors (Lipinski definition) is 8. The van der Waals surface area contributed by atoms with Gasteiger partial charge in [0.15, 0.2) is 5.60 Å². The number of aliphatic hydroxyl groups is 2. The molecule has 3 heterocycles. The number of benzene rings is 2. The fourth-order valence-electron chi connectivity index (χ4n) is 6.00. The van der Waals surface area contributed by atoms with E-state index in [4.69, 9.17) is 4.74 Å². The highest BCUT2D eigenvalue weighted by Crippen LogP contribution is 2.39. The zero-order valence-electron chi connectivity index (χ0n) is 22.0. The highest BCUT2D eigenvalue weighted by Gasteiger charge is 2.51. The van der Waals surface area contributed by atoms with Gasteiger partial charge < -0.3 is 19.8 Å². The third-order valence-corrected chi connectivity index (χ3v) is 10.8. The first-order valence-corrected chi connectivity index (χ1v) is 15.1. The Morgan fingerprint density at radius 3 is 2.25 bits per heavy atom. The number of sulfonamides is 1. The predicted molar refractivity (Wildman–Crippen MR) is 146 cm³/mol. The maximum atomic E-state index is 13.6. The fourth-order valence-corrected chi connectivity index (χ4v) is 8.06. The van der Waals surface area contributed by atoms with Gasteiger partial charge in [0.2, 0.25) is 10.0 Å². The Kier molecular flexibility index (Phi) is 8.21. The van der Waals surface area contributed by atoms with Crippen LogP contribution in [0.4, 0.5) is 18.9 Å². The van der Waals surface area contributed by atoms with Crippen molar-refractivity contribution in [3.63, 3.8) is 0 Å². The first-order chi connectivity index (χ1) is 18.8. The summed E-state index contributed by atoms with van der Waals surface area (Å²) in [6.07, 6.45) is -4.15. The van der Waals surface area contributed by atoms with Gasteiger partial charge in [-0.25, -0.2) is 8.42 Å². The van der Waals surface area contributed by atoms with E-state index in [-0.39, 0.29) is 41.7 Å². The molecule has 2 unspecified atom stereocenters. The van der Waals surface area contributed by atoms with Gasteiger partial charge in [-0.05, 0) is 49.6 Å². The number of morpholine rings is 1. The molecule has 5 rings (SSSR count). The number of alkyl halides is 3. The molecule has 3 aliphatic rings. The first-order valence-electron chi connectivity index (χ1n) is 13.2. The van der Waals surface area contributed by atoms with Crippen LogP contribution in [-0.4, -0.2) is 97.6 Å². The highest BCUT2D eigenvalue weighted by atomic mass is 32.2. The van der Waals surface area contributed by atoms with E-state index in [9.17, 15) is 31.8 Å². The van der Waals surface area contributed by atoms with Gasteiger partial charge in [-0.3, -0.25) is 4.90 Å². The summed E-state index contributed by atoms with van der Waals surface area (Å²) in [4.78, 5) is 4.77. The van der Waals surface area contributed by atoms with Gasteiger partial charge in [0.05, 0.1) is 30.3 Å². The number of anilines is 1. The first kappa shape index (κ1) is 29.6. The van der Waals surface area contributed by atoms with Crippen LogP contribution in [0, 0.1) is 0 Å². The standard InChI is InChI=1S/C27H34F3N3O5S2/c1-26(35,27(28,29)30)18-6-8-19(9-7-18)32-11-10-31(40(36,37)25-5-3-2-4-24(25)39)14-22(32)15-33-20-12-23(34)13-21(33)17-38-16-20/h2-9,20-23,34-35,39H,10-17H2,1H3/t20?,21?,22-,23?,26-/m1/s1. The second-order valence-corrected chi connectivity index (χ2v) is 13.4. The summed E-state index contributed by atoms with van der Waals surface area (Å²) in [5.41, 5.74) is -2.63. The van der Waals surface area contributed by atoms with Gasteiger partial charge in [-0.2, -0.15) is 17.5 Å². The van der Waals surface area contributed by atoms with Crippen LogP contribution in [0.25, 0.3) is 0 Å². The van der Waals surface area contributed by atoms with E-state index >= 15 is 0 Å². The number of hydrogen-bond donors (Lipinski definition) is 3. The fraction of sp³-hybridized carbons (Fsp3) is 0.556. The predicted octanol–water partition coefficient (Wildman–Crippen LogP) is 2.85.